The third-order valence-electron chi connectivity index (χ3n) is 4.52. The largest absolute Gasteiger partial charge is 0.0616 e. The van der Waals surface area contributed by atoms with Gasteiger partial charge in [-0.2, -0.15) is 0 Å². The van der Waals surface area contributed by atoms with E-state index in [0.29, 0.717) is 0 Å². The van der Waals surface area contributed by atoms with Crippen LogP contribution < -0.4 is 0 Å². The van der Waals surface area contributed by atoms with Gasteiger partial charge in [-0.15, -0.1) is 0 Å². The van der Waals surface area contributed by atoms with Crippen LogP contribution in [-0.4, -0.2) is 0 Å². The molecular weight excluding hydrogens is 319 g/mol. The van der Waals surface area contributed by atoms with Crippen LogP contribution in [0.3, 0.4) is 0 Å². The zero-order valence-electron chi connectivity index (χ0n) is 12.5. The van der Waals surface area contributed by atoms with Crippen LogP contribution in [0.15, 0.2) is 84.9 Å². The van der Waals surface area contributed by atoms with Gasteiger partial charge in [0.15, 0.2) is 0 Å². The van der Waals surface area contributed by atoms with Gasteiger partial charge >= 0.3 is 0 Å². The SMILES string of the molecule is [Mn].c1ccc2cc3cc4cc5ccccc5cc4cc3cc2c1. The molecule has 0 saturated carbocycles. The Labute approximate surface area is 145 Å². The van der Waals surface area contributed by atoms with E-state index in [1.807, 2.05) is 0 Å². The molecule has 109 valence electrons. The Morgan fingerprint density at radius 1 is 0.304 bits per heavy atom. The monoisotopic (exact) mass is 333 g/mol. The average molecular weight is 333 g/mol. The fourth-order valence-electron chi connectivity index (χ4n) is 3.39. The second-order valence-electron chi connectivity index (χ2n) is 5.95. The van der Waals surface area contributed by atoms with Crippen molar-refractivity contribution in [3.63, 3.8) is 0 Å². The van der Waals surface area contributed by atoms with E-state index >= 15 is 0 Å². The van der Waals surface area contributed by atoms with E-state index in [9.17, 15) is 0 Å². The smallest absolute Gasteiger partial charge is 0 e. The molecule has 0 nitrogen and oxygen atoms in total. The Balaban J connectivity index is 0.00000135. The summed E-state index contributed by atoms with van der Waals surface area (Å²) in [6.45, 7) is 0. The summed E-state index contributed by atoms with van der Waals surface area (Å²) in [6, 6.07) is 30.9. The van der Waals surface area contributed by atoms with E-state index in [0.717, 1.165) is 0 Å². The maximum absolute atomic E-state index is 2.31. The Hall–Kier alpha value is -2.34. The average Bonchev–Trinajstić information content (AvgIpc) is 2.56. The standard InChI is InChI=1S/C22H14.Mn/c1-2-6-16-10-20-14-22-12-18-8-4-3-7-17(18)11-21(22)13-19(20)9-15(16)5-1;/h1-14H;. The third-order valence-corrected chi connectivity index (χ3v) is 4.52. The molecule has 5 aromatic rings. The molecule has 1 radical (unpaired) electrons. The normalized spacial score (nSPS) is 11.1. The Morgan fingerprint density at radius 2 is 0.522 bits per heavy atom. The summed E-state index contributed by atoms with van der Waals surface area (Å²) >= 11 is 0. The zero-order valence-corrected chi connectivity index (χ0v) is 13.6. The molecule has 0 fully saturated rings. The molecule has 0 aliphatic carbocycles. The van der Waals surface area contributed by atoms with Crippen LogP contribution in [-0.2, 0) is 17.1 Å². The molecule has 23 heavy (non-hydrogen) atoms. The number of benzene rings is 5. The summed E-state index contributed by atoms with van der Waals surface area (Å²) in [5, 5.41) is 10.4. The van der Waals surface area contributed by atoms with Gasteiger partial charge < -0.3 is 0 Å². The number of rotatable bonds is 0. The van der Waals surface area contributed by atoms with E-state index in [1.165, 1.54) is 43.1 Å². The Bertz CT molecular complexity index is 988. The van der Waals surface area contributed by atoms with Gasteiger partial charge in [0.2, 0.25) is 0 Å². The van der Waals surface area contributed by atoms with Crippen molar-refractivity contribution >= 4 is 43.1 Å². The molecule has 0 heterocycles. The number of hydrogen-bond acceptors (Lipinski definition) is 0. The summed E-state index contributed by atoms with van der Waals surface area (Å²) in [6.07, 6.45) is 0. The molecule has 0 spiro atoms. The van der Waals surface area contributed by atoms with Gasteiger partial charge in [-0.05, 0) is 79.5 Å². The van der Waals surface area contributed by atoms with Crippen molar-refractivity contribution in [1.29, 1.82) is 0 Å². The third kappa shape index (κ3) is 2.30. The first-order valence-corrected chi connectivity index (χ1v) is 7.62. The summed E-state index contributed by atoms with van der Waals surface area (Å²) in [5.41, 5.74) is 0. The zero-order chi connectivity index (χ0) is 14.5. The molecule has 0 bridgehead atoms. The molecule has 0 atom stereocenters. The maximum atomic E-state index is 2.31. The van der Waals surface area contributed by atoms with Gasteiger partial charge in [0.05, 0.1) is 0 Å². The maximum Gasteiger partial charge on any atom is 0 e. The topological polar surface area (TPSA) is 0 Å². The van der Waals surface area contributed by atoms with E-state index < -0.39 is 0 Å². The number of fused-ring (bicyclic) bond motifs is 4. The van der Waals surface area contributed by atoms with Gasteiger partial charge in [0, 0.05) is 17.1 Å². The predicted molar refractivity (Wildman–Crippen MR) is 96.5 cm³/mol. The van der Waals surface area contributed by atoms with Crippen LogP contribution in [0, 0.1) is 0 Å². The van der Waals surface area contributed by atoms with Crippen LogP contribution in [0.25, 0.3) is 43.1 Å². The van der Waals surface area contributed by atoms with Gasteiger partial charge in [-0.3, -0.25) is 0 Å². The molecule has 5 aromatic carbocycles. The summed E-state index contributed by atoms with van der Waals surface area (Å²) in [4.78, 5) is 0. The van der Waals surface area contributed by atoms with E-state index in [4.69, 9.17) is 0 Å². The van der Waals surface area contributed by atoms with Crippen LogP contribution >= 0.6 is 0 Å². The molecule has 0 amide bonds. The molecule has 1 heteroatoms. The van der Waals surface area contributed by atoms with E-state index in [1.54, 1.807) is 0 Å². The van der Waals surface area contributed by atoms with Crippen molar-refractivity contribution in [2.45, 2.75) is 0 Å². The summed E-state index contributed by atoms with van der Waals surface area (Å²) in [7, 11) is 0. The molecule has 5 rings (SSSR count). The van der Waals surface area contributed by atoms with Crippen molar-refractivity contribution in [1.82, 2.24) is 0 Å². The van der Waals surface area contributed by atoms with Gasteiger partial charge in [0.1, 0.15) is 0 Å². The number of hydrogen-bond donors (Lipinski definition) is 0. The quantitative estimate of drug-likeness (QED) is 0.230. The van der Waals surface area contributed by atoms with Crippen LogP contribution in [0.5, 0.6) is 0 Å². The minimum Gasteiger partial charge on any atom is -0.0616 e. The summed E-state index contributed by atoms with van der Waals surface area (Å²) < 4.78 is 0. The van der Waals surface area contributed by atoms with E-state index in [-0.39, 0.29) is 17.1 Å². The molecule has 0 N–H and O–H groups in total. The minimum atomic E-state index is 0. The van der Waals surface area contributed by atoms with Crippen LogP contribution in [0.1, 0.15) is 0 Å². The predicted octanol–water partition coefficient (Wildman–Crippen LogP) is 6.30. The molecule has 0 saturated heterocycles. The first-order valence-electron chi connectivity index (χ1n) is 7.62. The van der Waals surface area contributed by atoms with Crippen molar-refractivity contribution in [2.24, 2.45) is 0 Å². The molecular formula is C22H14Mn. The minimum absolute atomic E-state index is 0. The van der Waals surface area contributed by atoms with Gasteiger partial charge in [0.25, 0.3) is 0 Å². The molecule has 0 aromatic heterocycles. The van der Waals surface area contributed by atoms with Crippen LogP contribution in [0.4, 0.5) is 0 Å². The fourth-order valence-corrected chi connectivity index (χ4v) is 3.39. The van der Waals surface area contributed by atoms with Crippen molar-refractivity contribution in [3.8, 4) is 0 Å². The van der Waals surface area contributed by atoms with Gasteiger partial charge in [-0.25, -0.2) is 0 Å². The molecule has 0 aliphatic rings. The molecule has 0 aliphatic heterocycles. The van der Waals surface area contributed by atoms with Crippen LogP contribution in [0.2, 0.25) is 0 Å². The first-order chi connectivity index (χ1) is 10.9. The second-order valence-corrected chi connectivity index (χ2v) is 5.95. The second kappa shape index (κ2) is 5.38. The summed E-state index contributed by atoms with van der Waals surface area (Å²) in [5.74, 6) is 0. The van der Waals surface area contributed by atoms with Gasteiger partial charge in [-0.1, -0.05) is 48.5 Å². The van der Waals surface area contributed by atoms with Crippen molar-refractivity contribution in [2.75, 3.05) is 0 Å². The van der Waals surface area contributed by atoms with Crippen molar-refractivity contribution in [3.05, 3.63) is 84.9 Å². The van der Waals surface area contributed by atoms with Crippen molar-refractivity contribution < 1.29 is 17.1 Å². The first kappa shape index (κ1) is 14.3. The molecule has 0 unspecified atom stereocenters. The fraction of sp³-hybridized carbons (Fsp3) is 0. The Kier molecular flexibility index (Phi) is 3.34. The Morgan fingerprint density at radius 3 is 0.783 bits per heavy atom. The van der Waals surface area contributed by atoms with E-state index in [2.05, 4.69) is 84.9 Å².